The third-order valence-electron chi connectivity index (χ3n) is 5.59. The zero-order valence-corrected chi connectivity index (χ0v) is 16.3. The first kappa shape index (κ1) is 18.7. The number of benzene rings is 2. The lowest BCUT2D eigenvalue weighted by Crippen LogP contribution is -2.15. The van der Waals surface area contributed by atoms with Crippen molar-refractivity contribution in [2.45, 2.75) is 38.1 Å². The van der Waals surface area contributed by atoms with Crippen LogP contribution in [0.3, 0.4) is 0 Å². The van der Waals surface area contributed by atoms with Gasteiger partial charge in [-0.3, -0.25) is 4.68 Å². The monoisotopic (exact) mass is 406 g/mol. The summed E-state index contributed by atoms with van der Waals surface area (Å²) in [7, 11) is 0. The van der Waals surface area contributed by atoms with Crippen molar-refractivity contribution in [2.75, 3.05) is 0 Å². The maximum absolute atomic E-state index is 14.1. The predicted molar refractivity (Wildman–Crippen MR) is 108 cm³/mol. The van der Waals surface area contributed by atoms with Crippen molar-refractivity contribution >= 4 is 0 Å². The molecule has 2 heterocycles. The van der Waals surface area contributed by atoms with Gasteiger partial charge in [-0.2, -0.15) is 10.1 Å². The molecule has 0 spiro atoms. The molecule has 152 valence electrons. The van der Waals surface area contributed by atoms with Crippen LogP contribution in [0.25, 0.3) is 34.1 Å². The fourth-order valence-electron chi connectivity index (χ4n) is 4.12. The molecule has 0 unspecified atom stereocenters. The van der Waals surface area contributed by atoms with Crippen molar-refractivity contribution in [2.24, 2.45) is 0 Å². The Labute approximate surface area is 172 Å². The van der Waals surface area contributed by atoms with Gasteiger partial charge in [0.05, 0.1) is 29.1 Å². The summed E-state index contributed by atoms with van der Waals surface area (Å²) in [6.07, 6.45) is 7.49. The van der Waals surface area contributed by atoms with Crippen molar-refractivity contribution in [1.82, 2.24) is 19.9 Å². The summed E-state index contributed by atoms with van der Waals surface area (Å²) >= 11 is 0. The standard InChI is InChI=1S/C23H20F2N4O/c24-16-11-12-20(25)18(13-16)23-27-22(28-30-23)19-14-26-29(17-9-5-2-6-10-17)21(19)15-7-3-1-4-8-15/h1,3-4,7-8,11-14,17H,2,5-6,9-10H2. The van der Waals surface area contributed by atoms with Crippen LogP contribution in [0.15, 0.2) is 59.3 Å². The molecule has 0 radical (unpaired) electrons. The van der Waals surface area contributed by atoms with Crippen LogP contribution in [0.5, 0.6) is 0 Å². The predicted octanol–water partition coefficient (Wildman–Crippen LogP) is 6.05. The van der Waals surface area contributed by atoms with Crippen LogP contribution in [0.1, 0.15) is 38.1 Å². The average molecular weight is 406 g/mol. The Balaban J connectivity index is 1.61. The van der Waals surface area contributed by atoms with Crippen LogP contribution in [-0.2, 0) is 0 Å². The van der Waals surface area contributed by atoms with E-state index in [9.17, 15) is 8.78 Å². The molecular weight excluding hydrogens is 386 g/mol. The fraction of sp³-hybridized carbons (Fsp3) is 0.261. The molecule has 1 aliphatic rings. The molecule has 0 atom stereocenters. The topological polar surface area (TPSA) is 56.7 Å². The van der Waals surface area contributed by atoms with E-state index in [1.54, 1.807) is 6.20 Å². The van der Waals surface area contributed by atoms with Gasteiger partial charge in [-0.05, 0) is 31.0 Å². The van der Waals surface area contributed by atoms with Crippen molar-refractivity contribution in [1.29, 1.82) is 0 Å². The molecule has 0 amide bonds. The Kier molecular flexibility index (Phi) is 4.86. The summed E-state index contributed by atoms with van der Waals surface area (Å²) < 4.78 is 35.1. The molecule has 1 saturated carbocycles. The maximum Gasteiger partial charge on any atom is 0.261 e. The Morgan fingerprint density at radius 2 is 1.73 bits per heavy atom. The van der Waals surface area contributed by atoms with Crippen LogP contribution in [-0.4, -0.2) is 19.9 Å². The number of halogens is 2. The molecule has 5 nitrogen and oxygen atoms in total. The van der Waals surface area contributed by atoms with Gasteiger partial charge < -0.3 is 4.52 Å². The molecular formula is C23H20F2N4O. The Morgan fingerprint density at radius 3 is 2.53 bits per heavy atom. The van der Waals surface area contributed by atoms with Gasteiger partial charge in [-0.1, -0.05) is 54.8 Å². The Morgan fingerprint density at radius 1 is 0.933 bits per heavy atom. The third-order valence-corrected chi connectivity index (χ3v) is 5.59. The van der Waals surface area contributed by atoms with E-state index >= 15 is 0 Å². The van der Waals surface area contributed by atoms with Gasteiger partial charge in [0.2, 0.25) is 5.82 Å². The highest BCUT2D eigenvalue weighted by molar-refractivity contribution is 5.78. The molecule has 4 aromatic rings. The normalized spacial score (nSPS) is 14.9. The van der Waals surface area contributed by atoms with Gasteiger partial charge in [-0.25, -0.2) is 8.78 Å². The van der Waals surface area contributed by atoms with Crippen molar-refractivity contribution < 1.29 is 13.3 Å². The minimum Gasteiger partial charge on any atom is -0.333 e. The Hall–Kier alpha value is -3.35. The lowest BCUT2D eigenvalue weighted by Gasteiger charge is -2.24. The van der Waals surface area contributed by atoms with Crippen molar-refractivity contribution in [3.63, 3.8) is 0 Å². The lowest BCUT2D eigenvalue weighted by atomic mass is 9.95. The summed E-state index contributed by atoms with van der Waals surface area (Å²) in [4.78, 5) is 4.36. The zero-order chi connectivity index (χ0) is 20.5. The van der Waals surface area contributed by atoms with Crippen molar-refractivity contribution in [3.8, 4) is 34.1 Å². The summed E-state index contributed by atoms with van der Waals surface area (Å²) in [5.74, 6) is -0.949. The quantitative estimate of drug-likeness (QED) is 0.414. The summed E-state index contributed by atoms with van der Waals surface area (Å²) in [6, 6.07) is 13.4. The maximum atomic E-state index is 14.1. The third kappa shape index (κ3) is 3.40. The largest absolute Gasteiger partial charge is 0.333 e. The highest BCUT2D eigenvalue weighted by Gasteiger charge is 2.25. The molecule has 5 rings (SSSR count). The molecule has 1 fully saturated rings. The number of rotatable bonds is 4. The van der Waals surface area contributed by atoms with Crippen LogP contribution < -0.4 is 0 Å². The smallest absolute Gasteiger partial charge is 0.261 e. The van der Waals surface area contributed by atoms with Crippen LogP contribution >= 0.6 is 0 Å². The minimum absolute atomic E-state index is 0.0605. The van der Waals surface area contributed by atoms with Crippen LogP contribution in [0.2, 0.25) is 0 Å². The number of hydrogen-bond donors (Lipinski definition) is 0. The first-order chi connectivity index (χ1) is 14.7. The molecule has 7 heteroatoms. The number of nitrogens with zero attached hydrogens (tertiary/aromatic N) is 4. The second kappa shape index (κ2) is 7.82. The van der Waals surface area contributed by atoms with E-state index in [0.717, 1.165) is 42.3 Å². The van der Waals surface area contributed by atoms with E-state index in [4.69, 9.17) is 4.52 Å². The van der Waals surface area contributed by atoms with E-state index in [0.29, 0.717) is 17.4 Å². The highest BCUT2D eigenvalue weighted by Crippen LogP contribution is 2.37. The molecule has 0 saturated heterocycles. The first-order valence-corrected chi connectivity index (χ1v) is 10.1. The van der Waals surface area contributed by atoms with Gasteiger partial charge in [0.25, 0.3) is 5.89 Å². The zero-order valence-electron chi connectivity index (χ0n) is 16.3. The van der Waals surface area contributed by atoms with Gasteiger partial charge in [0.15, 0.2) is 0 Å². The van der Waals surface area contributed by atoms with E-state index < -0.39 is 11.6 Å². The van der Waals surface area contributed by atoms with Crippen molar-refractivity contribution in [3.05, 3.63) is 66.4 Å². The molecule has 2 aromatic carbocycles. The fourth-order valence-corrected chi connectivity index (χ4v) is 4.12. The summed E-state index contributed by atoms with van der Waals surface area (Å²) in [6.45, 7) is 0. The second-order valence-electron chi connectivity index (χ2n) is 7.56. The van der Waals surface area contributed by atoms with Gasteiger partial charge in [0.1, 0.15) is 11.6 Å². The molecule has 2 aromatic heterocycles. The van der Waals surface area contributed by atoms with Gasteiger partial charge in [0, 0.05) is 5.56 Å². The average Bonchev–Trinajstić information content (AvgIpc) is 3.44. The SMILES string of the molecule is Fc1ccc(F)c(-c2nc(-c3cnn(C4CCCCC4)c3-c3ccccc3)no2)c1. The highest BCUT2D eigenvalue weighted by atomic mass is 19.1. The summed E-state index contributed by atoms with van der Waals surface area (Å²) in [5.41, 5.74) is 2.56. The van der Waals surface area contributed by atoms with Crippen LogP contribution in [0, 0.1) is 11.6 Å². The van der Waals surface area contributed by atoms with E-state index in [2.05, 4.69) is 19.9 Å². The summed E-state index contributed by atoms with van der Waals surface area (Å²) in [5, 5.41) is 8.72. The molecule has 1 aliphatic carbocycles. The molecule has 0 N–H and O–H groups in total. The number of hydrogen-bond acceptors (Lipinski definition) is 4. The first-order valence-electron chi connectivity index (χ1n) is 10.1. The number of aromatic nitrogens is 4. The molecule has 0 bridgehead atoms. The Bertz CT molecular complexity index is 1160. The minimum atomic E-state index is -0.618. The van der Waals surface area contributed by atoms with E-state index in [-0.39, 0.29) is 11.5 Å². The molecule has 0 aliphatic heterocycles. The van der Waals surface area contributed by atoms with Gasteiger partial charge >= 0.3 is 0 Å². The second-order valence-corrected chi connectivity index (χ2v) is 7.56. The van der Waals surface area contributed by atoms with Crippen LogP contribution in [0.4, 0.5) is 8.78 Å². The van der Waals surface area contributed by atoms with Gasteiger partial charge in [-0.15, -0.1) is 0 Å². The molecule has 30 heavy (non-hydrogen) atoms. The van der Waals surface area contributed by atoms with E-state index in [1.807, 2.05) is 30.3 Å². The van der Waals surface area contributed by atoms with E-state index in [1.165, 1.54) is 19.3 Å². The lowest BCUT2D eigenvalue weighted by molar-refractivity contribution is 0.332.